The van der Waals surface area contributed by atoms with Gasteiger partial charge in [-0.3, -0.25) is 0 Å². The lowest BCUT2D eigenvalue weighted by Gasteiger charge is -2.32. The minimum Gasteiger partial charge on any atom is -0.376 e. The van der Waals surface area contributed by atoms with Crippen LogP contribution in [0.3, 0.4) is 0 Å². The number of benzene rings is 1. The number of ether oxygens (including phenoxy) is 1. The number of carbonyl (C=O) groups excluding carboxylic acids is 1. The second-order valence-corrected chi connectivity index (χ2v) is 7.19. The summed E-state index contributed by atoms with van der Waals surface area (Å²) in [4.78, 5) is 14.5. The van der Waals surface area contributed by atoms with E-state index in [9.17, 15) is 4.79 Å². The van der Waals surface area contributed by atoms with Crippen molar-refractivity contribution >= 4 is 6.03 Å². The van der Waals surface area contributed by atoms with Crippen LogP contribution in [0.15, 0.2) is 30.3 Å². The van der Waals surface area contributed by atoms with Crippen molar-refractivity contribution < 1.29 is 9.53 Å². The number of amides is 2. The molecule has 1 N–H and O–H groups in total. The van der Waals surface area contributed by atoms with Crippen LogP contribution in [-0.4, -0.2) is 43.3 Å². The standard InChI is InChI=1S/C20H30N2O2/c1-2-22(15-18-11-8-14-24-18)19(23)21-16-20(12-6-7-13-20)17-9-4-3-5-10-17/h3-5,9-10,18H,2,6-8,11-16H2,1H3,(H,21,23). The van der Waals surface area contributed by atoms with Crippen LogP contribution < -0.4 is 5.32 Å². The monoisotopic (exact) mass is 330 g/mol. The van der Waals surface area contributed by atoms with Crippen molar-refractivity contribution in [1.29, 1.82) is 0 Å². The largest absolute Gasteiger partial charge is 0.376 e. The van der Waals surface area contributed by atoms with Gasteiger partial charge in [0.15, 0.2) is 0 Å². The van der Waals surface area contributed by atoms with Gasteiger partial charge in [-0.2, -0.15) is 0 Å². The first-order valence-electron chi connectivity index (χ1n) is 9.43. The first-order chi connectivity index (χ1) is 11.7. The van der Waals surface area contributed by atoms with E-state index in [4.69, 9.17) is 4.74 Å². The SMILES string of the molecule is CCN(CC1CCCO1)C(=O)NCC1(c2ccccc2)CCCC1. The fourth-order valence-corrected chi connectivity index (χ4v) is 4.16. The number of likely N-dealkylation sites (N-methyl/N-ethyl adjacent to an activating group) is 1. The van der Waals surface area contributed by atoms with E-state index in [0.29, 0.717) is 6.54 Å². The van der Waals surface area contributed by atoms with Crippen LogP contribution in [-0.2, 0) is 10.2 Å². The van der Waals surface area contributed by atoms with Gasteiger partial charge in [0.25, 0.3) is 0 Å². The molecule has 3 rings (SSSR count). The summed E-state index contributed by atoms with van der Waals surface area (Å²) in [5.74, 6) is 0. The molecule has 1 atom stereocenters. The molecule has 1 aliphatic heterocycles. The Hall–Kier alpha value is -1.55. The lowest BCUT2D eigenvalue weighted by molar-refractivity contribution is 0.0823. The first-order valence-corrected chi connectivity index (χ1v) is 9.43. The zero-order valence-corrected chi connectivity index (χ0v) is 14.8. The van der Waals surface area contributed by atoms with Crippen LogP contribution in [0.1, 0.15) is 51.0 Å². The zero-order chi connectivity index (χ0) is 16.8. The summed E-state index contributed by atoms with van der Waals surface area (Å²) in [6.07, 6.45) is 7.21. The Kier molecular flexibility index (Phi) is 5.77. The molecule has 132 valence electrons. The number of urea groups is 1. The Morgan fingerprint density at radius 2 is 2.00 bits per heavy atom. The molecule has 1 saturated carbocycles. The summed E-state index contributed by atoms with van der Waals surface area (Å²) in [6.45, 7) is 5.04. The van der Waals surface area contributed by atoms with E-state index in [0.717, 1.165) is 45.4 Å². The van der Waals surface area contributed by atoms with Crippen molar-refractivity contribution in [1.82, 2.24) is 10.2 Å². The molecular formula is C20H30N2O2. The molecule has 1 aromatic rings. The average Bonchev–Trinajstić information content (AvgIpc) is 3.31. The van der Waals surface area contributed by atoms with Gasteiger partial charge in [-0.15, -0.1) is 0 Å². The summed E-state index contributed by atoms with van der Waals surface area (Å²) in [5.41, 5.74) is 1.48. The third kappa shape index (κ3) is 3.92. The van der Waals surface area contributed by atoms with Gasteiger partial charge in [-0.1, -0.05) is 43.2 Å². The highest BCUT2D eigenvalue weighted by atomic mass is 16.5. The summed E-state index contributed by atoms with van der Waals surface area (Å²) >= 11 is 0. The molecule has 1 unspecified atom stereocenters. The lowest BCUT2D eigenvalue weighted by Crippen LogP contribution is -2.47. The van der Waals surface area contributed by atoms with Gasteiger partial charge in [0.2, 0.25) is 0 Å². The van der Waals surface area contributed by atoms with E-state index in [1.165, 1.54) is 18.4 Å². The van der Waals surface area contributed by atoms with E-state index in [2.05, 4.69) is 35.6 Å². The smallest absolute Gasteiger partial charge is 0.317 e. The number of rotatable bonds is 6. The first kappa shape index (κ1) is 17.3. The number of hydrogen-bond acceptors (Lipinski definition) is 2. The molecule has 0 spiro atoms. The van der Waals surface area contributed by atoms with E-state index in [-0.39, 0.29) is 17.6 Å². The van der Waals surface area contributed by atoms with Crippen molar-refractivity contribution in [3.05, 3.63) is 35.9 Å². The predicted octanol–water partition coefficient (Wildman–Crippen LogP) is 3.71. The number of hydrogen-bond donors (Lipinski definition) is 1. The highest BCUT2D eigenvalue weighted by molar-refractivity contribution is 5.74. The Balaban J connectivity index is 1.60. The topological polar surface area (TPSA) is 41.6 Å². The molecule has 4 nitrogen and oxygen atoms in total. The van der Waals surface area contributed by atoms with E-state index >= 15 is 0 Å². The maximum absolute atomic E-state index is 12.7. The summed E-state index contributed by atoms with van der Waals surface area (Å²) in [5, 5.41) is 3.22. The number of nitrogens with one attached hydrogen (secondary N) is 1. The second-order valence-electron chi connectivity index (χ2n) is 7.19. The van der Waals surface area contributed by atoms with Gasteiger partial charge >= 0.3 is 6.03 Å². The predicted molar refractivity (Wildman–Crippen MR) is 96.2 cm³/mol. The Morgan fingerprint density at radius 1 is 1.25 bits per heavy atom. The summed E-state index contributed by atoms with van der Waals surface area (Å²) < 4.78 is 5.68. The van der Waals surface area contributed by atoms with Gasteiger partial charge in [0, 0.05) is 31.7 Å². The fraction of sp³-hybridized carbons (Fsp3) is 0.650. The number of carbonyl (C=O) groups is 1. The van der Waals surface area contributed by atoms with Gasteiger partial charge in [-0.25, -0.2) is 4.79 Å². The van der Waals surface area contributed by atoms with E-state index in [1.54, 1.807) is 0 Å². The third-order valence-electron chi connectivity index (χ3n) is 5.64. The van der Waals surface area contributed by atoms with Gasteiger partial charge < -0.3 is 15.0 Å². The average molecular weight is 330 g/mol. The van der Waals surface area contributed by atoms with Crippen molar-refractivity contribution in [2.45, 2.75) is 57.0 Å². The maximum atomic E-state index is 12.7. The lowest BCUT2D eigenvalue weighted by atomic mass is 9.79. The minimum atomic E-state index is 0.0511. The van der Waals surface area contributed by atoms with Crippen LogP contribution >= 0.6 is 0 Å². The van der Waals surface area contributed by atoms with Crippen LogP contribution in [0.2, 0.25) is 0 Å². The fourth-order valence-electron chi connectivity index (χ4n) is 4.16. The van der Waals surface area contributed by atoms with E-state index in [1.807, 2.05) is 11.8 Å². The van der Waals surface area contributed by atoms with Gasteiger partial charge in [-0.05, 0) is 38.2 Å². The minimum absolute atomic E-state index is 0.0511. The molecule has 0 aromatic heterocycles. The van der Waals surface area contributed by atoms with Crippen LogP contribution in [0, 0.1) is 0 Å². The molecule has 1 heterocycles. The van der Waals surface area contributed by atoms with Gasteiger partial charge in [0.05, 0.1) is 6.10 Å². The van der Waals surface area contributed by atoms with Crippen LogP contribution in [0.4, 0.5) is 4.79 Å². The Labute approximate surface area is 145 Å². The molecule has 0 radical (unpaired) electrons. The maximum Gasteiger partial charge on any atom is 0.317 e. The van der Waals surface area contributed by atoms with Crippen molar-refractivity contribution in [3.63, 3.8) is 0 Å². The molecule has 4 heteroatoms. The van der Waals surface area contributed by atoms with Crippen LogP contribution in [0.25, 0.3) is 0 Å². The highest BCUT2D eigenvalue weighted by Crippen LogP contribution is 2.40. The molecule has 1 aromatic carbocycles. The van der Waals surface area contributed by atoms with Crippen molar-refractivity contribution in [3.8, 4) is 0 Å². The molecule has 1 saturated heterocycles. The van der Waals surface area contributed by atoms with Crippen molar-refractivity contribution in [2.75, 3.05) is 26.2 Å². The second kappa shape index (κ2) is 8.02. The van der Waals surface area contributed by atoms with Gasteiger partial charge in [0.1, 0.15) is 0 Å². The summed E-state index contributed by atoms with van der Waals surface area (Å²) in [7, 11) is 0. The highest BCUT2D eigenvalue weighted by Gasteiger charge is 2.36. The third-order valence-corrected chi connectivity index (χ3v) is 5.64. The van der Waals surface area contributed by atoms with E-state index < -0.39 is 0 Å². The Bertz CT molecular complexity index is 520. The molecule has 24 heavy (non-hydrogen) atoms. The van der Waals surface area contributed by atoms with Crippen LogP contribution in [0.5, 0.6) is 0 Å². The molecule has 2 amide bonds. The Morgan fingerprint density at radius 3 is 2.62 bits per heavy atom. The quantitative estimate of drug-likeness (QED) is 0.864. The normalized spacial score (nSPS) is 22.5. The molecule has 0 bridgehead atoms. The molecular weight excluding hydrogens is 300 g/mol. The zero-order valence-electron chi connectivity index (χ0n) is 14.8. The molecule has 2 fully saturated rings. The summed E-state index contributed by atoms with van der Waals surface area (Å²) in [6, 6.07) is 10.7. The number of nitrogens with zero attached hydrogens (tertiary/aromatic N) is 1. The molecule has 2 aliphatic rings. The molecule has 1 aliphatic carbocycles. The van der Waals surface area contributed by atoms with Crippen molar-refractivity contribution in [2.24, 2.45) is 0 Å².